The van der Waals surface area contributed by atoms with Gasteiger partial charge in [-0.05, 0) is 25.7 Å². The summed E-state index contributed by atoms with van der Waals surface area (Å²) in [7, 11) is 0. The Hall–Kier alpha value is -1.72. The maximum Gasteiger partial charge on any atom is 0.248 e. The summed E-state index contributed by atoms with van der Waals surface area (Å²) in [6.45, 7) is 4.06. The average molecular weight is 306 g/mol. The number of hydrogen-bond acceptors (Lipinski definition) is 3. The van der Waals surface area contributed by atoms with Crippen LogP contribution in [0.5, 0.6) is 0 Å². The molecule has 0 atom stereocenters. The Morgan fingerprint density at radius 1 is 1.23 bits per heavy atom. The zero-order valence-corrected chi connectivity index (χ0v) is 12.5. The van der Waals surface area contributed by atoms with Crippen molar-refractivity contribution >= 4 is 17.4 Å². The number of aromatic nitrogens is 2. The fourth-order valence-electron chi connectivity index (χ4n) is 3.46. The van der Waals surface area contributed by atoms with E-state index in [1.807, 2.05) is 4.68 Å². The van der Waals surface area contributed by atoms with Crippen LogP contribution in [0.2, 0.25) is 0 Å². The van der Waals surface area contributed by atoms with Crippen molar-refractivity contribution in [3.8, 4) is 0 Å². The Balaban J connectivity index is 1.64. The van der Waals surface area contributed by atoms with Gasteiger partial charge >= 0.3 is 0 Å². The second kappa shape index (κ2) is 4.89. The third kappa shape index (κ3) is 2.25. The Kier molecular flexibility index (Phi) is 3.09. The SMILES string of the molecule is C=C1NC(C2CCC2)=Nc2c1cnn2C1CCC(F)(F)CC1. The van der Waals surface area contributed by atoms with Crippen LogP contribution in [0.25, 0.3) is 5.70 Å². The van der Waals surface area contributed by atoms with E-state index < -0.39 is 5.92 Å². The Bertz CT molecular complexity index is 633. The van der Waals surface area contributed by atoms with Crippen LogP contribution < -0.4 is 5.32 Å². The molecule has 6 heteroatoms. The fourth-order valence-corrected chi connectivity index (χ4v) is 3.46. The number of nitrogens with one attached hydrogen (secondary N) is 1. The van der Waals surface area contributed by atoms with E-state index in [9.17, 15) is 8.78 Å². The van der Waals surface area contributed by atoms with Crippen LogP contribution >= 0.6 is 0 Å². The molecule has 1 aromatic heterocycles. The summed E-state index contributed by atoms with van der Waals surface area (Å²) >= 11 is 0. The van der Waals surface area contributed by atoms with Crippen molar-refractivity contribution in [1.82, 2.24) is 15.1 Å². The van der Waals surface area contributed by atoms with E-state index in [-0.39, 0.29) is 18.9 Å². The lowest BCUT2D eigenvalue weighted by atomic mass is 9.84. The third-order valence-electron chi connectivity index (χ3n) is 5.12. The quantitative estimate of drug-likeness (QED) is 0.896. The van der Waals surface area contributed by atoms with Crippen LogP contribution in [0, 0.1) is 5.92 Å². The van der Waals surface area contributed by atoms with Gasteiger partial charge in [-0.3, -0.25) is 0 Å². The van der Waals surface area contributed by atoms with Crippen molar-refractivity contribution in [2.45, 2.75) is 56.9 Å². The summed E-state index contributed by atoms with van der Waals surface area (Å²) in [6, 6.07) is 0.0145. The number of hydrogen-bond donors (Lipinski definition) is 1. The minimum absolute atomic E-state index is 0.0145. The smallest absolute Gasteiger partial charge is 0.248 e. The molecule has 0 spiro atoms. The van der Waals surface area contributed by atoms with Crippen molar-refractivity contribution in [3.63, 3.8) is 0 Å². The first-order chi connectivity index (χ1) is 10.5. The molecule has 3 aliphatic rings. The van der Waals surface area contributed by atoms with E-state index in [2.05, 4.69) is 17.0 Å². The predicted molar refractivity (Wildman–Crippen MR) is 81.3 cm³/mol. The van der Waals surface area contributed by atoms with Crippen LogP contribution in [0.3, 0.4) is 0 Å². The van der Waals surface area contributed by atoms with Gasteiger partial charge < -0.3 is 5.32 Å². The third-order valence-corrected chi connectivity index (χ3v) is 5.12. The molecule has 2 saturated carbocycles. The molecule has 4 rings (SSSR count). The van der Waals surface area contributed by atoms with Crippen LogP contribution in [-0.4, -0.2) is 21.5 Å². The molecule has 2 aliphatic carbocycles. The highest BCUT2D eigenvalue weighted by Gasteiger charge is 2.37. The van der Waals surface area contributed by atoms with Gasteiger partial charge in [-0.2, -0.15) is 5.10 Å². The molecule has 0 radical (unpaired) electrons. The lowest BCUT2D eigenvalue weighted by Gasteiger charge is -2.32. The molecule has 118 valence electrons. The second-order valence-corrected chi connectivity index (χ2v) is 6.64. The van der Waals surface area contributed by atoms with E-state index in [1.54, 1.807) is 6.20 Å². The molecule has 22 heavy (non-hydrogen) atoms. The van der Waals surface area contributed by atoms with Crippen molar-refractivity contribution in [1.29, 1.82) is 0 Å². The summed E-state index contributed by atoms with van der Waals surface area (Å²) < 4.78 is 28.6. The Morgan fingerprint density at radius 2 is 1.95 bits per heavy atom. The molecule has 0 unspecified atom stereocenters. The van der Waals surface area contributed by atoms with E-state index in [1.165, 1.54) is 6.42 Å². The zero-order chi connectivity index (χ0) is 15.3. The van der Waals surface area contributed by atoms with Crippen LogP contribution in [0.4, 0.5) is 14.6 Å². The summed E-state index contributed by atoms with van der Waals surface area (Å²) in [5.74, 6) is -0.286. The average Bonchev–Trinajstić information content (AvgIpc) is 2.81. The zero-order valence-electron chi connectivity index (χ0n) is 12.5. The Labute approximate surface area is 128 Å². The molecule has 0 saturated heterocycles. The van der Waals surface area contributed by atoms with Gasteiger partial charge in [0, 0.05) is 24.5 Å². The predicted octanol–water partition coefficient (Wildman–Crippen LogP) is 4.04. The number of aliphatic imine (C=N–C) groups is 1. The van der Waals surface area contributed by atoms with Gasteiger partial charge in [-0.1, -0.05) is 13.0 Å². The van der Waals surface area contributed by atoms with Gasteiger partial charge in [0.05, 0.1) is 17.8 Å². The molecule has 4 nitrogen and oxygen atoms in total. The van der Waals surface area contributed by atoms with Crippen LogP contribution in [0.15, 0.2) is 17.8 Å². The molecule has 2 fully saturated rings. The summed E-state index contributed by atoms with van der Waals surface area (Å²) in [5, 5.41) is 7.71. The summed E-state index contributed by atoms with van der Waals surface area (Å²) in [4.78, 5) is 4.75. The number of nitrogens with zero attached hydrogens (tertiary/aromatic N) is 3. The number of halogens is 2. The standard InChI is InChI=1S/C16H20F2N4/c1-10-13-9-19-22(12-5-7-16(17,18)8-6-12)15(13)21-14(20-10)11-3-2-4-11/h9,11-12H,1-8H2,(H,20,21). The summed E-state index contributed by atoms with van der Waals surface area (Å²) in [6.07, 6.45) is 6.07. The summed E-state index contributed by atoms with van der Waals surface area (Å²) in [5.41, 5.74) is 1.71. The van der Waals surface area contributed by atoms with Gasteiger partial charge in [0.15, 0.2) is 5.82 Å². The molecular formula is C16H20F2N4. The highest BCUT2D eigenvalue weighted by Crippen LogP contribution is 2.42. The van der Waals surface area contributed by atoms with E-state index in [0.29, 0.717) is 18.8 Å². The Morgan fingerprint density at radius 3 is 2.59 bits per heavy atom. The first-order valence-corrected chi connectivity index (χ1v) is 8.04. The maximum absolute atomic E-state index is 13.4. The number of alkyl halides is 2. The van der Waals surface area contributed by atoms with Gasteiger partial charge in [-0.25, -0.2) is 18.5 Å². The number of rotatable bonds is 2. The molecule has 2 heterocycles. The molecule has 0 bridgehead atoms. The first kappa shape index (κ1) is 13.9. The molecule has 0 aromatic carbocycles. The van der Waals surface area contributed by atoms with E-state index in [0.717, 1.165) is 35.8 Å². The van der Waals surface area contributed by atoms with Crippen molar-refractivity contribution in [2.75, 3.05) is 0 Å². The lowest BCUT2D eigenvalue weighted by Crippen LogP contribution is -2.35. The fraction of sp³-hybridized carbons (Fsp3) is 0.625. The normalized spacial score (nSPS) is 25.2. The lowest BCUT2D eigenvalue weighted by molar-refractivity contribution is -0.0448. The van der Waals surface area contributed by atoms with Gasteiger partial charge in [0.1, 0.15) is 5.84 Å². The minimum Gasteiger partial charge on any atom is -0.343 e. The van der Waals surface area contributed by atoms with Gasteiger partial charge in [0.2, 0.25) is 5.92 Å². The van der Waals surface area contributed by atoms with E-state index >= 15 is 0 Å². The minimum atomic E-state index is -2.52. The van der Waals surface area contributed by atoms with Gasteiger partial charge in [0.25, 0.3) is 0 Å². The van der Waals surface area contributed by atoms with Gasteiger partial charge in [-0.15, -0.1) is 0 Å². The highest BCUT2D eigenvalue weighted by molar-refractivity contribution is 5.98. The number of fused-ring (bicyclic) bond motifs is 1. The van der Waals surface area contributed by atoms with Crippen molar-refractivity contribution in [2.24, 2.45) is 10.9 Å². The highest BCUT2D eigenvalue weighted by atomic mass is 19.3. The van der Waals surface area contributed by atoms with E-state index in [4.69, 9.17) is 4.99 Å². The molecule has 1 aromatic rings. The second-order valence-electron chi connectivity index (χ2n) is 6.64. The van der Waals surface area contributed by atoms with Crippen molar-refractivity contribution in [3.05, 3.63) is 18.3 Å². The maximum atomic E-state index is 13.4. The topological polar surface area (TPSA) is 42.2 Å². The van der Waals surface area contributed by atoms with Crippen molar-refractivity contribution < 1.29 is 8.78 Å². The molecule has 1 aliphatic heterocycles. The largest absolute Gasteiger partial charge is 0.343 e. The molecule has 1 N–H and O–H groups in total. The number of amidine groups is 1. The van der Waals surface area contributed by atoms with Crippen LogP contribution in [0.1, 0.15) is 56.6 Å². The molecular weight excluding hydrogens is 286 g/mol. The monoisotopic (exact) mass is 306 g/mol. The van der Waals surface area contributed by atoms with Crippen LogP contribution in [-0.2, 0) is 0 Å². The molecule has 0 amide bonds. The first-order valence-electron chi connectivity index (χ1n) is 8.04.